The molecule has 18 heavy (non-hydrogen) atoms. The van der Waals surface area contributed by atoms with Crippen LogP contribution < -0.4 is 15.8 Å². The van der Waals surface area contributed by atoms with Gasteiger partial charge in [-0.25, -0.2) is 0 Å². The Balaban J connectivity index is 2.08. The average molecular weight is 264 g/mol. The highest BCUT2D eigenvalue weighted by molar-refractivity contribution is 7.80. The van der Waals surface area contributed by atoms with E-state index in [0.717, 1.165) is 12.8 Å². The van der Waals surface area contributed by atoms with Crippen LogP contribution in [0.5, 0.6) is 5.75 Å². The van der Waals surface area contributed by atoms with Crippen LogP contribution in [0.3, 0.4) is 0 Å². The zero-order valence-corrected chi connectivity index (χ0v) is 11.0. The Labute approximate surface area is 112 Å². The van der Waals surface area contributed by atoms with E-state index in [1.807, 2.05) is 0 Å². The van der Waals surface area contributed by atoms with E-state index in [1.54, 1.807) is 31.4 Å². The van der Waals surface area contributed by atoms with Gasteiger partial charge in [0.2, 0.25) is 0 Å². The van der Waals surface area contributed by atoms with E-state index in [9.17, 15) is 4.79 Å². The largest absolute Gasteiger partial charge is 0.497 e. The zero-order chi connectivity index (χ0) is 13.1. The minimum absolute atomic E-state index is 0.168. The number of amides is 1. The SMILES string of the molecule is COc1cccc(C(=O)NC(C(N)=S)C2CC2)c1. The molecule has 0 aliphatic heterocycles. The third kappa shape index (κ3) is 2.98. The van der Waals surface area contributed by atoms with Crippen molar-refractivity contribution >= 4 is 23.1 Å². The van der Waals surface area contributed by atoms with E-state index in [0.29, 0.717) is 22.2 Å². The van der Waals surface area contributed by atoms with Crippen molar-refractivity contribution in [1.82, 2.24) is 5.32 Å². The van der Waals surface area contributed by atoms with Crippen molar-refractivity contribution in [3.63, 3.8) is 0 Å². The van der Waals surface area contributed by atoms with E-state index in [1.165, 1.54) is 0 Å². The molecule has 1 unspecified atom stereocenters. The molecule has 1 aromatic carbocycles. The van der Waals surface area contributed by atoms with Gasteiger partial charge in [0.15, 0.2) is 0 Å². The van der Waals surface area contributed by atoms with Gasteiger partial charge in [-0.1, -0.05) is 18.3 Å². The number of thiocarbonyl (C=S) groups is 1. The van der Waals surface area contributed by atoms with Crippen LogP contribution in [0.4, 0.5) is 0 Å². The highest BCUT2D eigenvalue weighted by Gasteiger charge is 2.34. The summed E-state index contributed by atoms with van der Waals surface area (Å²) in [5.74, 6) is 0.886. The molecule has 1 amide bonds. The minimum atomic E-state index is -0.196. The standard InChI is InChI=1S/C13H16N2O2S/c1-17-10-4-2-3-9(7-10)13(16)15-11(12(14)18)8-5-6-8/h2-4,7-8,11H,5-6H2,1H3,(H2,14,18)(H,15,16). The third-order valence-electron chi connectivity index (χ3n) is 3.02. The summed E-state index contributed by atoms with van der Waals surface area (Å²) in [4.78, 5) is 12.4. The van der Waals surface area contributed by atoms with Crippen molar-refractivity contribution in [2.24, 2.45) is 11.7 Å². The molecule has 1 atom stereocenters. The molecular weight excluding hydrogens is 248 g/mol. The van der Waals surface area contributed by atoms with E-state index >= 15 is 0 Å². The third-order valence-corrected chi connectivity index (χ3v) is 3.27. The summed E-state index contributed by atoms with van der Waals surface area (Å²) in [6, 6.07) is 6.81. The van der Waals surface area contributed by atoms with Crippen LogP contribution in [0.25, 0.3) is 0 Å². The Morgan fingerprint density at radius 2 is 2.28 bits per heavy atom. The van der Waals surface area contributed by atoms with Crippen molar-refractivity contribution < 1.29 is 9.53 Å². The molecule has 1 aromatic rings. The molecule has 5 heteroatoms. The lowest BCUT2D eigenvalue weighted by Crippen LogP contribution is -2.45. The van der Waals surface area contributed by atoms with Crippen molar-refractivity contribution in [3.05, 3.63) is 29.8 Å². The van der Waals surface area contributed by atoms with Crippen molar-refractivity contribution in [2.75, 3.05) is 7.11 Å². The van der Waals surface area contributed by atoms with Crippen molar-refractivity contribution in [1.29, 1.82) is 0 Å². The second-order valence-electron chi connectivity index (χ2n) is 4.42. The lowest BCUT2D eigenvalue weighted by atomic mass is 10.1. The Hall–Kier alpha value is -1.62. The summed E-state index contributed by atoms with van der Waals surface area (Å²) in [5.41, 5.74) is 6.20. The molecule has 0 aromatic heterocycles. The highest BCUT2D eigenvalue weighted by atomic mass is 32.1. The van der Waals surface area contributed by atoms with E-state index in [4.69, 9.17) is 22.7 Å². The van der Waals surface area contributed by atoms with Gasteiger partial charge in [-0.05, 0) is 37.0 Å². The van der Waals surface area contributed by atoms with Crippen molar-refractivity contribution in [2.45, 2.75) is 18.9 Å². The molecule has 96 valence electrons. The number of benzene rings is 1. The van der Waals surface area contributed by atoms with Gasteiger partial charge >= 0.3 is 0 Å². The maximum Gasteiger partial charge on any atom is 0.251 e. The Morgan fingerprint density at radius 1 is 1.56 bits per heavy atom. The molecular formula is C13H16N2O2S. The number of nitrogens with two attached hydrogens (primary N) is 1. The molecule has 1 aliphatic carbocycles. The van der Waals surface area contributed by atoms with Crippen LogP contribution >= 0.6 is 12.2 Å². The Morgan fingerprint density at radius 3 is 2.83 bits per heavy atom. The monoisotopic (exact) mass is 264 g/mol. The smallest absolute Gasteiger partial charge is 0.251 e. The van der Waals surface area contributed by atoms with Gasteiger partial charge in [0.1, 0.15) is 5.75 Å². The average Bonchev–Trinajstić information content (AvgIpc) is 3.19. The number of nitrogens with one attached hydrogen (secondary N) is 1. The van der Waals surface area contributed by atoms with Gasteiger partial charge < -0.3 is 15.8 Å². The number of carbonyl (C=O) groups excluding carboxylic acids is 1. The van der Waals surface area contributed by atoms with Crippen molar-refractivity contribution in [3.8, 4) is 5.75 Å². The number of ether oxygens (including phenoxy) is 1. The molecule has 1 aliphatic rings. The summed E-state index contributed by atoms with van der Waals surface area (Å²) in [6.07, 6.45) is 2.14. The molecule has 2 rings (SSSR count). The van der Waals surface area contributed by atoms with Gasteiger partial charge in [0.25, 0.3) is 5.91 Å². The Bertz CT molecular complexity index is 472. The van der Waals surface area contributed by atoms with Crippen LogP contribution in [0.1, 0.15) is 23.2 Å². The minimum Gasteiger partial charge on any atom is -0.497 e. The van der Waals surface area contributed by atoms with Gasteiger partial charge in [-0.2, -0.15) is 0 Å². The molecule has 0 saturated heterocycles. The molecule has 4 nitrogen and oxygen atoms in total. The van der Waals surface area contributed by atoms with Gasteiger partial charge in [0.05, 0.1) is 18.1 Å². The van der Waals surface area contributed by atoms with Gasteiger partial charge in [-0.15, -0.1) is 0 Å². The quantitative estimate of drug-likeness (QED) is 0.791. The molecule has 3 N–H and O–H groups in total. The first-order chi connectivity index (χ1) is 8.61. The first-order valence-electron chi connectivity index (χ1n) is 5.86. The number of methoxy groups -OCH3 is 1. The van der Waals surface area contributed by atoms with Crippen LogP contribution in [-0.4, -0.2) is 24.0 Å². The van der Waals surface area contributed by atoms with Gasteiger partial charge in [-0.3, -0.25) is 4.79 Å². The second-order valence-corrected chi connectivity index (χ2v) is 4.89. The second kappa shape index (κ2) is 5.35. The summed E-state index contributed by atoms with van der Waals surface area (Å²) in [6.45, 7) is 0. The van der Waals surface area contributed by atoms with E-state index in [2.05, 4.69) is 5.32 Å². The topological polar surface area (TPSA) is 64.3 Å². The highest BCUT2D eigenvalue weighted by Crippen LogP contribution is 2.33. The number of hydrogen-bond donors (Lipinski definition) is 2. The van der Waals surface area contributed by atoms with Crippen LogP contribution in [0.2, 0.25) is 0 Å². The summed E-state index contributed by atoms with van der Waals surface area (Å²) in [5, 5.41) is 2.89. The fraction of sp³-hybridized carbons (Fsp3) is 0.385. The van der Waals surface area contributed by atoms with Crippen LogP contribution in [-0.2, 0) is 0 Å². The first kappa shape index (κ1) is 12.8. The molecule has 0 bridgehead atoms. The first-order valence-corrected chi connectivity index (χ1v) is 6.27. The summed E-state index contributed by atoms with van der Waals surface area (Å²) in [7, 11) is 1.57. The Kier molecular flexibility index (Phi) is 3.81. The number of carbonyl (C=O) groups is 1. The predicted molar refractivity (Wildman–Crippen MR) is 73.8 cm³/mol. The molecule has 0 radical (unpaired) electrons. The zero-order valence-electron chi connectivity index (χ0n) is 10.2. The van der Waals surface area contributed by atoms with E-state index < -0.39 is 0 Å². The van der Waals surface area contributed by atoms with E-state index in [-0.39, 0.29) is 11.9 Å². The molecule has 0 heterocycles. The molecule has 0 spiro atoms. The summed E-state index contributed by atoms with van der Waals surface area (Å²) < 4.78 is 5.09. The number of rotatable bonds is 5. The lowest BCUT2D eigenvalue weighted by molar-refractivity contribution is 0.0943. The normalized spacial score (nSPS) is 15.8. The fourth-order valence-corrected chi connectivity index (χ4v) is 2.09. The van der Waals surface area contributed by atoms with Crippen LogP contribution in [0.15, 0.2) is 24.3 Å². The van der Waals surface area contributed by atoms with Gasteiger partial charge in [0, 0.05) is 5.56 Å². The maximum atomic E-state index is 12.1. The fourth-order valence-electron chi connectivity index (χ4n) is 1.84. The molecule has 1 saturated carbocycles. The lowest BCUT2D eigenvalue weighted by Gasteiger charge is -2.16. The maximum absolute atomic E-state index is 12.1. The summed E-state index contributed by atoms with van der Waals surface area (Å²) >= 11 is 4.99. The molecule has 1 fully saturated rings. The predicted octanol–water partition coefficient (Wildman–Crippen LogP) is 1.49. The number of hydrogen-bond acceptors (Lipinski definition) is 3. The van der Waals surface area contributed by atoms with Crippen LogP contribution in [0, 0.1) is 5.92 Å².